The van der Waals surface area contributed by atoms with Gasteiger partial charge in [-0.15, -0.1) is 0 Å². The van der Waals surface area contributed by atoms with Gasteiger partial charge in [0, 0.05) is 12.2 Å². The summed E-state index contributed by atoms with van der Waals surface area (Å²) >= 11 is 0. The molecule has 0 aromatic heterocycles. The maximum Gasteiger partial charge on any atom is 0.333 e. The average molecular weight is 565 g/mol. The van der Waals surface area contributed by atoms with Crippen LogP contribution in [-0.4, -0.2) is 65.4 Å². The van der Waals surface area contributed by atoms with Gasteiger partial charge >= 0.3 is 11.9 Å². The van der Waals surface area contributed by atoms with E-state index >= 15 is 0 Å². The van der Waals surface area contributed by atoms with Crippen molar-refractivity contribution < 1.29 is 32.3 Å². The molecule has 0 spiro atoms. The molecule has 0 rings (SSSR count). The Labute approximate surface area is 220 Å². The monoisotopic (exact) mass is 564 g/mol. The van der Waals surface area contributed by atoms with Crippen molar-refractivity contribution in [2.75, 3.05) is 6.61 Å². The SMILES string of the molecule is CCCCCCCCOC(=O)C=CC(=O)OC(CC([SiH3])(O[Si](C)(C)C)O[Si](C)(C)C)O[Si](C)(C)C. The lowest BCUT2D eigenvalue weighted by Gasteiger charge is -2.42. The van der Waals surface area contributed by atoms with E-state index in [0.717, 1.165) is 31.4 Å². The lowest BCUT2D eigenvalue weighted by Crippen LogP contribution is -2.53. The summed E-state index contributed by atoms with van der Waals surface area (Å²) in [7, 11) is -5.34. The maximum absolute atomic E-state index is 12.5. The van der Waals surface area contributed by atoms with Crippen molar-refractivity contribution in [1.29, 1.82) is 0 Å². The molecule has 1 unspecified atom stereocenters. The molecule has 0 radical (unpaired) electrons. The lowest BCUT2D eigenvalue weighted by molar-refractivity contribution is -0.174. The second kappa shape index (κ2) is 15.6. The van der Waals surface area contributed by atoms with Crippen LogP contribution in [0.15, 0.2) is 12.2 Å². The molecule has 0 bridgehead atoms. The molecule has 35 heavy (non-hydrogen) atoms. The summed E-state index contributed by atoms with van der Waals surface area (Å²) in [5.41, 5.74) is -0.806. The van der Waals surface area contributed by atoms with Gasteiger partial charge in [0.1, 0.15) is 5.41 Å². The Hall–Kier alpha value is -0.572. The van der Waals surface area contributed by atoms with Crippen molar-refractivity contribution in [2.24, 2.45) is 0 Å². The van der Waals surface area contributed by atoms with Crippen molar-refractivity contribution in [3.05, 3.63) is 12.2 Å². The van der Waals surface area contributed by atoms with Gasteiger partial charge in [0.2, 0.25) is 0 Å². The van der Waals surface area contributed by atoms with Gasteiger partial charge in [-0.1, -0.05) is 39.0 Å². The third-order valence-corrected chi connectivity index (χ3v) is 9.10. The molecule has 0 aromatic rings. The van der Waals surface area contributed by atoms with Crippen LogP contribution in [0.4, 0.5) is 0 Å². The second-order valence-corrected chi connectivity index (χ2v) is 27.0. The number of carbonyl (C=O) groups excluding carboxylic acids is 2. The Balaban J connectivity index is 5.09. The number of esters is 2. The van der Waals surface area contributed by atoms with Gasteiger partial charge in [-0.3, -0.25) is 0 Å². The largest absolute Gasteiger partial charge is 0.463 e. The fourth-order valence-corrected chi connectivity index (χ4v) is 11.5. The number of unbranched alkanes of at least 4 members (excludes halogenated alkanes) is 5. The molecule has 0 aliphatic rings. The zero-order valence-electron chi connectivity index (χ0n) is 24.2. The molecule has 0 fully saturated rings. The predicted octanol–water partition coefficient (Wildman–Crippen LogP) is 5.28. The van der Waals surface area contributed by atoms with Crippen LogP contribution in [0.5, 0.6) is 0 Å². The Kier molecular flexibility index (Phi) is 15.4. The van der Waals surface area contributed by atoms with Crippen molar-refractivity contribution in [2.45, 2.75) is 122 Å². The first-order chi connectivity index (χ1) is 15.8. The lowest BCUT2D eigenvalue weighted by atomic mass is 10.1. The van der Waals surface area contributed by atoms with Crippen LogP contribution in [0.25, 0.3) is 0 Å². The van der Waals surface area contributed by atoms with Gasteiger partial charge in [0.25, 0.3) is 0 Å². The van der Waals surface area contributed by atoms with Gasteiger partial charge in [0.15, 0.2) is 31.2 Å². The van der Waals surface area contributed by atoms with E-state index in [2.05, 4.69) is 46.2 Å². The van der Waals surface area contributed by atoms with Crippen molar-refractivity contribution in [3.8, 4) is 0 Å². The first-order valence-electron chi connectivity index (χ1n) is 13.0. The van der Waals surface area contributed by atoms with E-state index < -0.39 is 48.6 Å². The summed E-state index contributed by atoms with van der Waals surface area (Å²) in [5.74, 6) is -1.19. The third kappa shape index (κ3) is 21.2. The fraction of sp³-hybridized carbons (Fsp3) is 0.833. The molecule has 0 saturated heterocycles. The summed E-state index contributed by atoms with van der Waals surface area (Å²) in [6.45, 7) is 21.4. The molecular weight excluding hydrogens is 513 g/mol. The van der Waals surface area contributed by atoms with Crippen molar-refractivity contribution in [1.82, 2.24) is 0 Å². The number of hydrogen-bond donors (Lipinski definition) is 0. The minimum atomic E-state index is -2.05. The van der Waals surface area contributed by atoms with E-state index in [1.165, 1.54) is 19.3 Å². The van der Waals surface area contributed by atoms with Crippen LogP contribution in [0.1, 0.15) is 51.9 Å². The molecule has 0 N–H and O–H groups in total. The van der Waals surface area contributed by atoms with E-state index in [1.54, 1.807) is 0 Å². The molecule has 11 heteroatoms. The number of rotatable bonds is 18. The Morgan fingerprint density at radius 2 is 1.26 bits per heavy atom. The number of hydrogen-bond acceptors (Lipinski definition) is 7. The Morgan fingerprint density at radius 1 is 0.771 bits per heavy atom. The standard InChI is InChI=1S/C24H52O7Si4/c1-11-12-13-14-15-16-19-27-21(25)17-18-22(26)28-23(29-33(2,3)4)20-24(32,30-34(5,6)7)31-35(8,9)10/h17-18,23H,11-16,19-20H2,1-10,32H3. The van der Waals surface area contributed by atoms with E-state index in [-0.39, 0.29) is 0 Å². The average Bonchev–Trinajstić information content (AvgIpc) is 2.60. The van der Waals surface area contributed by atoms with Gasteiger partial charge in [0.05, 0.1) is 23.3 Å². The Morgan fingerprint density at radius 3 is 1.74 bits per heavy atom. The third-order valence-electron chi connectivity index (χ3n) is 4.41. The van der Waals surface area contributed by atoms with Gasteiger partial charge in [-0.2, -0.15) is 0 Å². The van der Waals surface area contributed by atoms with Crippen molar-refractivity contribution in [3.63, 3.8) is 0 Å². The first-order valence-corrected chi connectivity index (χ1v) is 24.2. The summed E-state index contributed by atoms with van der Waals surface area (Å²) in [6.07, 6.45) is 8.39. The van der Waals surface area contributed by atoms with Crippen LogP contribution in [0.3, 0.4) is 0 Å². The topological polar surface area (TPSA) is 80.3 Å². The van der Waals surface area contributed by atoms with Crippen molar-refractivity contribution >= 4 is 47.1 Å². The highest BCUT2D eigenvalue weighted by Gasteiger charge is 2.40. The highest BCUT2D eigenvalue weighted by molar-refractivity contribution is 6.71. The zero-order valence-corrected chi connectivity index (χ0v) is 29.2. The van der Waals surface area contributed by atoms with E-state index in [0.29, 0.717) is 23.3 Å². The highest BCUT2D eigenvalue weighted by Crippen LogP contribution is 2.28. The molecule has 0 amide bonds. The van der Waals surface area contributed by atoms with Gasteiger partial charge < -0.3 is 22.8 Å². The fourth-order valence-electron chi connectivity index (χ4n) is 3.61. The predicted molar refractivity (Wildman–Crippen MR) is 154 cm³/mol. The quantitative estimate of drug-likeness (QED) is 0.0737. The van der Waals surface area contributed by atoms with E-state index in [4.69, 9.17) is 22.8 Å². The molecule has 0 saturated carbocycles. The van der Waals surface area contributed by atoms with Gasteiger partial charge in [-0.05, 0) is 65.3 Å². The molecule has 206 valence electrons. The van der Waals surface area contributed by atoms with Crippen LogP contribution < -0.4 is 0 Å². The zero-order chi connectivity index (χ0) is 27.3. The van der Waals surface area contributed by atoms with Crippen LogP contribution in [0, 0.1) is 0 Å². The molecule has 0 heterocycles. The van der Waals surface area contributed by atoms with Gasteiger partial charge in [-0.25, -0.2) is 9.59 Å². The first kappa shape index (κ1) is 34.4. The minimum absolute atomic E-state index is 0.306. The van der Waals surface area contributed by atoms with Crippen LogP contribution >= 0.6 is 0 Å². The smallest absolute Gasteiger partial charge is 0.333 e. The summed E-state index contributed by atoms with van der Waals surface area (Å²) < 4.78 is 30.0. The minimum Gasteiger partial charge on any atom is -0.463 e. The van der Waals surface area contributed by atoms with E-state index in [1.807, 2.05) is 19.6 Å². The number of ether oxygens (including phenoxy) is 2. The second-order valence-electron chi connectivity index (χ2n) is 12.1. The Bertz CT molecular complexity index is 648. The van der Waals surface area contributed by atoms with E-state index in [9.17, 15) is 9.59 Å². The molecule has 0 aliphatic carbocycles. The molecule has 0 aromatic carbocycles. The maximum atomic E-state index is 12.5. The molecule has 0 aliphatic heterocycles. The van der Waals surface area contributed by atoms with Crippen LogP contribution in [0.2, 0.25) is 58.9 Å². The summed E-state index contributed by atoms with van der Waals surface area (Å²) in [4.78, 5) is 24.5. The highest BCUT2D eigenvalue weighted by atomic mass is 28.4. The number of carbonyl (C=O) groups is 2. The molecular formula is C24H52O7Si4. The van der Waals surface area contributed by atoms with Crippen LogP contribution in [-0.2, 0) is 32.3 Å². The summed E-state index contributed by atoms with van der Waals surface area (Å²) in [5, 5.41) is 0. The normalized spacial score (nSPS) is 14.3. The molecule has 7 nitrogen and oxygen atoms in total. The molecule has 1 atom stereocenters. The summed E-state index contributed by atoms with van der Waals surface area (Å²) in [6, 6.07) is 0.